The van der Waals surface area contributed by atoms with E-state index in [9.17, 15) is 18.0 Å². The summed E-state index contributed by atoms with van der Waals surface area (Å²) in [6.45, 7) is 3.91. The molecule has 0 radical (unpaired) electrons. The summed E-state index contributed by atoms with van der Waals surface area (Å²) in [6.07, 6.45) is 0.163. The van der Waals surface area contributed by atoms with Crippen molar-refractivity contribution in [2.24, 2.45) is 4.99 Å². The highest BCUT2D eigenvalue weighted by Gasteiger charge is 2.16. The highest BCUT2D eigenvalue weighted by Crippen LogP contribution is 2.22. The van der Waals surface area contributed by atoms with Gasteiger partial charge in [-0.05, 0) is 55.7 Å². The van der Waals surface area contributed by atoms with Crippen LogP contribution >= 0.6 is 11.3 Å². The number of amides is 1. The molecular formula is C22H24N2O5S2. The van der Waals surface area contributed by atoms with Gasteiger partial charge in [-0.1, -0.05) is 29.5 Å². The topological polar surface area (TPSA) is 94.8 Å². The van der Waals surface area contributed by atoms with Crippen LogP contribution in [-0.4, -0.2) is 37.7 Å². The van der Waals surface area contributed by atoms with Gasteiger partial charge in [-0.25, -0.2) is 8.42 Å². The van der Waals surface area contributed by atoms with E-state index in [1.54, 1.807) is 34.9 Å². The van der Waals surface area contributed by atoms with Crippen molar-refractivity contribution in [1.82, 2.24) is 4.57 Å². The Hall–Kier alpha value is -2.78. The number of hydrogen-bond acceptors (Lipinski definition) is 6. The molecule has 2 aromatic carbocycles. The average Bonchev–Trinajstić information content (AvgIpc) is 3.04. The lowest BCUT2D eigenvalue weighted by molar-refractivity contribution is -0.141. The summed E-state index contributed by atoms with van der Waals surface area (Å²) in [5.41, 5.74) is 2.97. The Morgan fingerprint density at radius 3 is 2.45 bits per heavy atom. The van der Waals surface area contributed by atoms with Crippen molar-refractivity contribution in [3.05, 3.63) is 58.4 Å². The smallest absolute Gasteiger partial charge is 0.325 e. The number of aryl methyl sites for hydroxylation is 2. The summed E-state index contributed by atoms with van der Waals surface area (Å²) in [7, 11) is -2.14. The number of rotatable bonds is 7. The van der Waals surface area contributed by atoms with Gasteiger partial charge in [-0.2, -0.15) is 4.99 Å². The number of thiazole rings is 1. The van der Waals surface area contributed by atoms with Gasteiger partial charge in [0.05, 0.1) is 28.0 Å². The van der Waals surface area contributed by atoms with Gasteiger partial charge in [0, 0.05) is 6.42 Å². The first-order valence-corrected chi connectivity index (χ1v) is 12.2. The molecule has 164 valence electrons. The average molecular weight is 461 g/mol. The van der Waals surface area contributed by atoms with Crippen molar-refractivity contribution in [3.63, 3.8) is 0 Å². The van der Waals surface area contributed by atoms with E-state index in [-0.39, 0.29) is 30.0 Å². The van der Waals surface area contributed by atoms with Crippen LogP contribution in [0.4, 0.5) is 0 Å². The van der Waals surface area contributed by atoms with Crippen LogP contribution < -0.4 is 4.80 Å². The van der Waals surface area contributed by atoms with Crippen molar-refractivity contribution in [2.45, 2.75) is 38.1 Å². The molecule has 9 heteroatoms. The highest BCUT2D eigenvalue weighted by atomic mass is 32.2. The molecule has 1 amide bonds. The first-order valence-electron chi connectivity index (χ1n) is 9.74. The molecule has 0 unspecified atom stereocenters. The lowest BCUT2D eigenvalue weighted by Gasteiger charge is -2.05. The third-order valence-electron chi connectivity index (χ3n) is 4.94. The highest BCUT2D eigenvalue weighted by molar-refractivity contribution is 7.91. The molecule has 3 rings (SSSR count). The minimum Gasteiger partial charge on any atom is -0.468 e. The predicted molar refractivity (Wildman–Crippen MR) is 120 cm³/mol. The molecule has 3 aromatic rings. The standard InChI is InChI=1S/C22H24N2O5S2/c1-15-12-18-19(13-16(15)2)30-22(24(18)14-21(26)29-3)23-20(25)10-7-11-31(27,28)17-8-5-4-6-9-17/h4-6,8-9,12-13H,7,10-11,14H2,1-3H3. The second-order valence-corrected chi connectivity index (χ2v) is 10.3. The number of nitrogens with zero attached hydrogens (tertiary/aromatic N) is 2. The SMILES string of the molecule is COC(=O)Cn1c(=NC(=O)CCCS(=O)(=O)c2ccccc2)sc2cc(C)c(C)cc21. The number of benzene rings is 2. The van der Waals surface area contributed by atoms with E-state index >= 15 is 0 Å². The lowest BCUT2D eigenvalue weighted by Crippen LogP contribution is -2.22. The molecule has 1 heterocycles. The zero-order valence-electron chi connectivity index (χ0n) is 17.6. The van der Waals surface area contributed by atoms with E-state index in [1.165, 1.54) is 18.4 Å². The van der Waals surface area contributed by atoms with Gasteiger partial charge in [0.1, 0.15) is 6.54 Å². The number of esters is 1. The summed E-state index contributed by atoms with van der Waals surface area (Å²) >= 11 is 1.31. The molecule has 1 aromatic heterocycles. The molecule has 0 spiro atoms. The van der Waals surface area contributed by atoms with E-state index in [0.717, 1.165) is 21.3 Å². The van der Waals surface area contributed by atoms with Gasteiger partial charge in [-0.15, -0.1) is 0 Å². The van der Waals surface area contributed by atoms with E-state index in [2.05, 4.69) is 4.99 Å². The summed E-state index contributed by atoms with van der Waals surface area (Å²) < 4.78 is 32.1. The van der Waals surface area contributed by atoms with Crippen LogP contribution in [-0.2, 0) is 30.7 Å². The number of fused-ring (bicyclic) bond motifs is 1. The van der Waals surface area contributed by atoms with Gasteiger partial charge < -0.3 is 9.30 Å². The Kier molecular flexibility index (Phi) is 7.07. The Balaban J connectivity index is 1.83. The third-order valence-corrected chi connectivity index (χ3v) is 7.80. The molecule has 0 saturated heterocycles. The second-order valence-electron chi connectivity index (χ2n) is 7.19. The summed E-state index contributed by atoms with van der Waals surface area (Å²) in [5.74, 6) is -1.01. The Labute approximate surface area is 184 Å². The maximum atomic E-state index is 12.5. The van der Waals surface area contributed by atoms with Gasteiger partial charge in [0.2, 0.25) is 5.91 Å². The van der Waals surface area contributed by atoms with Crippen LogP contribution in [0.1, 0.15) is 24.0 Å². The molecule has 0 atom stereocenters. The van der Waals surface area contributed by atoms with Crippen LogP contribution in [0.25, 0.3) is 10.2 Å². The fraction of sp³-hybridized carbons (Fsp3) is 0.318. The van der Waals surface area contributed by atoms with E-state index in [0.29, 0.717) is 4.80 Å². The van der Waals surface area contributed by atoms with Crippen molar-refractivity contribution in [3.8, 4) is 0 Å². The Morgan fingerprint density at radius 2 is 1.77 bits per heavy atom. The quantitative estimate of drug-likeness (QED) is 0.505. The van der Waals surface area contributed by atoms with E-state index in [4.69, 9.17) is 4.74 Å². The molecular weight excluding hydrogens is 436 g/mol. The Bertz CT molecular complexity index is 1290. The minimum atomic E-state index is -3.44. The maximum Gasteiger partial charge on any atom is 0.325 e. The normalized spacial score (nSPS) is 12.3. The fourth-order valence-corrected chi connectivity index (χ4v) is 5.53. The molecule has 0 aliphatic rings. The number of carbonyl (C=O) groups is 2. The third kappa shape index (κ3) is 5.48. The van der Waals surface area contributed by atoms with Crippen molar-refractivity contribution >= 4 is 43.3 Å². The van der Waals surface area contributed by atoms with Crippen LogP contribution in [0.3, 0.4) is 0 Å². The molecule has 0 N–H and O–H groups in total. The molecule has 0 saturated carbocycles. The molecule has 0 fully saturated rings. The van der Waals surface area contributed by atoms with Crippen LogP contribution in [0, 0.1) is 13.8 Å². The number of carbonyl (C=O) groups excluding carboxylic acids is 2. The number of methoxy groups -OCH3 is 1. The fourth-order valence-electron chi connectivity index (χ4n) is 3.07. The van der Waals surface area contributed by atoms with Crippen molar-refractivity contribution in [1.29, 1.82) is 0 Å². The number of ether oxygens (including phenoxy) is 1. The van der Waals surface area contributed by atoms with Crippen LogP contribution in [0.15, 0.2) is 52.4 Å². The van der Waals surface area contributed by atoms with Crippen LogP contribution in [0.5, 0.6) is 0 Å². The van der Waals surface area contributed by atoms with Gasteiger partial charge >= 0.3 is 5.97 Å². The molecule has 7 nitrogen and oxygen atoms in total. The molecule has 0 bridgehead atoms. The summed E-state index contributed by atoms with van der Waals surface area (Å²) in [6, 6.07) is 12.1. The summed E-state index contributed by atoms with van der Waals surface area (Å²) in [4.78, 5) is 29.2. The zero-order valence-corrected chi connectivity index (χ0v) is 19.3. The minimum absolute atomic E-state index is 0.00338. The van der Waals surface area contributed by atoms with Gasteiger partial charge in [-0.3, -0.25) is 9.59 Å². The zero-order chi connectivity index (χ0) is 22.6. The molecule has 0 aliphatic carbocycles. The number of hydrogen-bond donors (Lipinski definition) is 0. The summed E-state index contributed by atoms with van der Waals surface area (Å²) in [5, 5.41) is 0. The maximum absolute atomic E-state index is 12.5. The molecule has 31 heavy (non-hydrogen) atoms. The Morgan fingerprint density at radius 1 is 1.10 bits per heavy atom. The number of sulfone groups is 1. The van der Waals surface area contributed by atoms with Gasteiger partial charge in [0.25, 0.3) is 0 Å². The largest absolute Gasteiger partial charge is 0.468 e. The first kappa shape index (κ1) is 22.9. The van der Waals surface area contributed by atoms with E-state index < -0.39 is 21.7 Å². The van der Waals surface area contributed by atoms with E-state index in [1.807, 2.05) is 26.0 Å². The first-order chi connectivity index (χ1) is 14.7. The van der Waals surface area contributed by atoms with Crippen LogP contribution in [0.2, 0.25) is 0 Å². The predicted octanol–water partition coefficient (Wildman–Crippen LogP) is 3.17. The van der Waals surface area contributed by atoms with Crippen molar-refractivity contribution < 1.29 is 22.7 Å². The lowest BCUT2D eigenvalue weighted by atomic mass is 10.1. The monoisotopic (exact) mass is 460 g/mol. The number of aromatic nitrogens is 1. The second kappa shape index (κ2) is 9.57. The van der Waals surface area contributed by atoms with Gasteiger partial charge in [0.15, 0.2) is 14.6 Å². The molecule has 0 aliphatic heterocycles. The van der Waals surface area contributed by atoms with Crippen molar-refractivity contribution in [2.75, 3.05) is 12.9 Å².